The fourth-order valence-electron chi connectivity index (χ4n) is 3.11. The normalized spacial score (nSPS) is 15.8. The van der Waals surface area contributed by atoms with Crippen LogP contribution in [0.5, 0.6) is 0 Å². The van der Waals surface area contributed by atoms with Crippen LogP contribution in [-0.4, -0.2) is 31.9 Å². The zero-order valence-corrected chi connectivity index (χ0v) is 15.3. The summed E-state index contributed by atoms with van der Waals surface area (Å²) in [6.07, 6.45) is 0.955. The quantitative estimate of drug-likeness (QED) is 0.890. The van der Waals surface area contributed by atoms with Gasteiger partial charge < -0.3 is 0 Å². The molecule has 2 aromatic carbocycles. The lowest BCUT2D eigenvalue weighted by Crippen LogP contribution is -2.53. The Morgan fingerprint density at radius 2 is 1.84 bits per heavy atom. The zero-order valence-electron chi connectivity index (χ0n) is 14.5. The number of benzene rings is 2. The first-order valence-corrected chi connectivity index (χ1v) is 9.83. The maximum atomic E-state index is 13.3. The van der Waals surface area contributed by atoms with Crippen molar-refractivity contribution in [3.63, 3.8) is 0 Å². The molecule has 3 rings (SSSR count). The lowest BCUT2D eigenvalue weighted by atomic mass is 9.94. The molecule has 1 N–H and O–H groups in total. The van der Waals surface area contributed by atoms with Crippen LogP contribution in [0.1, 0.15) is 25.0 Å². The molecule has 0 saturated heterocycles. The third kappa shape index (κ3) is 4.08. The van der Waals surface area contributed by atoms with Crippen LogP contribution in [0.25, 0.3) is 0 Å². The van der Waals surface area contributed by atoms with Gasteiger partial charge in [0, 0.05) is 25.2 Å². The van der Waals surface area contributed by atoms with Gasteiger partial charge in [0.15, 0.2) is 0 Å². The van der Waals surface area contributed by atoms with Gasteiger partial charge in [-0.05, 0) is 49.6 Å². The molecule has 0 spiro atoms. The summed E-state index contributed by atoms with van der Waals surface area (Å²) < 4.78 is 40.8. The highest BCUT2D eigenvalue weighted by molar-refractivity contribution is 7.89. The standard InChI is InChI=1S/C19H23FN2O2S/c1-19(2,22-11-10-15-6-3-4-7-16(15)13-22)14-21-25(23,24)18-9-5-8-17(20)12-18/h3-9,12,21H,10-11,13-14H2,1-2H3. The summed E-state index contributed by atoms with van der Waals surface area (Å²) >= 11 is 0. The smallest absolute Gasteiger partial charge is 0.240 e. The molecule has 0 radical (unpaired) electrons. The van der Waals surface area contributed by atoms with Crippen molar-refractivity contribution in [3.8, 4) is 0 Å². The topological polar surface area (TPSA) is 49.4 Å². The number of fused-ring (bicyclic) bond motifs is 1. The summed E-state index contributed by atoms with van der Waals surface area (Å²) in [4.78, 5) is 2.23. The van der Waals surface area contributed by atoms with E-state index < -0.39 is 15.8 Å². The maximum absolute atomic E-state index is 13.3. The molecule has 0 aliphatic carbocycles. The third-order valence-corrected chi connectivity index (χ3v) is 6.19. The molecule has 134 valence electrons. The average Bonchev–Trinajstić information content (AvgIpc) is 2.60. The molecule has 1 aliphatic rings. The second-order valence-corrected chi connectivity index (χ2v) is 8.80. The first-order chi connectivity index (χ1) is 11.8. The molecule has 0 fully saturated rings. The molecule has 0 bridgehead atoms. The monoisotopic (exact) mass is 362 g/mol. The Balaban J connectivity index is 1.70. The largest absolute Gasteiger partial charge is 0.292 e. The summed E-state index contributed by atoms with van der Waals surface area (Å²) in [6, 6.07) is 13.4. The number of halogens is 1. The summed E-state index contributed by atoms with van der Waals surface area (Å²) in [5, 5.41) is 0. The fraction of sp³-hybridized carbons (Fsp3) is 0.368. The van der Waals surface area contributed by atoms with Crippen molar-refractivity contribution in [1.29, 1.82) is 0 Å². The lowest BCUT2D eigenvalue weighted by Gasteiger charge is -2.41. The van der Waals surface area contributed by atoms with E-state index in [1.807, 2.05) is 26.0 Å². The Hall–Kier alpha value is -1.76. The average molecular weight is 362 g/mol. The van der Waals surface area contributed by atoms with Crippen molar-refractivity contribution >= 4 is 10.0 Å². The van der Waals surface area contributed by atoms with Gasteiger partial charge in [-0.15, -0.1) is 0 Å². The minimum atomic E-state index is -3.73. The summed E-state index contributed by atoms with van der Waals surface area (Å²) in [5.41, 5.74) is 2.29. The minimum Gasteiger partial charge on any atom is -0.292 e. The van der Waals surface area contributed by atoms with Crippen LogP contribution < -0.4 is 4.72 Å². The van der Waals surface area contributed by atoms with Crippen LogP contribution in [-0.2, 0) is 23.0 Å². The highest BCUT2D eigenvalue weighted by Gasteiger charge is 2.31. The number of rotatable bonds is 5. The molecule has 0 saturated carbocycles. The van der Waals surface area contributed by atoms with Crippen molar-refractivity contribution in [2.45, 2.75) is 37.2 Å². The van der Waals surface area contributed by atoms with Crippen LogP contribution in [0, 0.1) is 5.82 Å². The molecule has 6 heteroatoms. The Bertz CT molecular complexity index is 865. The van der Waals surface area contributed by atoms with E-state index in [4.69, 9.17) is 0 Å². The highest BCUT2D eigenvalue weighted by atomic mass is 32.2. The van der Waals surface area contributed by atoms with Gasteiger partial charge >= 0.3 is 0 Å². The number of sulfonamides is 1. The molecular weight excluding hydrogens is 339 g/mol. The van der Waals surface area contributed by atoms with E-state index in [0.717, 1.165) is 25.6 Å². The van der Waals surface area contributed by atoms with Gasteiger partial charge in [0.1, 0.15) is 5.82 Å². The van der Waals surface area contributed by atoms with E-state index >= 15 is 0 Å². The predicted octanol–water partition coefficient (Wildman–Crippen LogP) is 2.94. The molecule has 0 unspecified atom stereocenters. The second-order valence-electron chi connectivity index (χ2n) is 7.03. The molecule has 0 aromatic heterocycles. The number of hydrogen-bond donors (Lipinski definition) is 1. The second kappa shape index (κ2) is 6.86. The Kier molecular flexibility index (Phi) is 4.95. The molecule has 1 aliphatic heterocycles. The molecule has 0 atom stereocenters. The third-order valence-electron chi connectivity index (χ3n) is 4.79. The van der Waals surface area contributed by atoms with Gasteiger partial charge in [-0.3, -0.25) is 4.90 Å². The molecule has 25 heavy (non-hydrogen) atoms. The van der Waals surface area contributed by atoms with Crippen molar-refractivity contribution in [3.05, 3.63) is 65.5 Å². The van der Waals surface area contributed by atoms with E-state index in [1.165, 1.54) is 29.3 Å². The summed E-state index contributed by atoms with van der Waals surface area (Å²) in [7, 11) is -3.73. The first-order valence-electron chi connectivity index (χ1n) is 8.35. The minimum absolute atomic E-state index is 0.0488. The van der Waals surface area contributed by atoms with Crippen LogP contribution in [0.2, 0.25) is 0 Å². The van der Waals surface area contributed by atoms with Crippen molar-refractivity contribution in [2.24, 2.45) is 0 Å². The van der Waals surface area contributed by atoms with Gasteiger partial charge in [0.2, 0.25) is 10.0 Å². The Labute approximate surface area is 148 Å². The number of nitrogens with zero attached hydrogens (tertiary/aromatic N) is 1. The van der Waals surface area contributed by atoms with Gasteiger partial charge in [0.25, 0.3) is 0 Å². The van der Waals surface area contributed by atoms with Crippen LogP contribution in [0.3, 0.4) is 0 Å². The van der Waals surface area contributed by atoms with Gasteiger partial charge in [0.05, 0.1) is 4.90 Å². The maximum Gasteiger partial charge on any atom is 0.240 e. The molecule has 2 aromatic rings. The summed E-state index contributed by atoms with van der Waals surface area (Å²) in [6.45, 7) is 5.98. The van der Waals surface area contributed by atoms with Gasteiger partial charge in [-0.2, -0.15) is 0 Å². The van der Waals surface area contributed by atoms with Crippen LogP contribution >= 0.6 is 0 Å². The van der Waals surface area contributed by atoms with E-state index in [1.54, 1.807) is 0 Å². The zero-order chi connectivity index (χ0) is 18.1. The Morgan fingerprint density at radius 1 is 1.12 bits per heavy atom. The van der Waals surface area contributed by atoms with Crippen molar-refractivity contribution in [2.75, 3.05) is 13.1 Å². The predicted molar refractivity (Wildman–Crippen MR) is 96.2 cm³/mol. The van der Waals surface area contributed by atoms with Gasteiger partial charge in [-0.1, -0.05) is 30.3 Å². The molecule has 0 amide bonds. The van der Waals surface area contributed by atoms with Crippen molar-refractivity contribution in [1.82, 2.24) is 9.62 Å². The number of nitrogens with one attached hydrogen (secondary N) is 1. The Morgan fingerprint density at radius 3 is 2.56 bits per heavy atom. The van der Waals surface area contributed by atoms with Gasteiger partial charge in [-0.25, -0.2) is 17.5 Å². The first kappa shape index (κ1) is 18.0. The van der Waals surface area contributed by atoms with Crippen LogP contribution in [0.15, 0.2) is 53.4 Å². The highest BCUT2D eigenvalue weighted by Crippen LogP contribution is 2.25. The van der Waals surface area contributed by atoms with E-state index in [9.17, 15) is 12.8 Å². The molecule has 4 nitrogen and oxygen atoms in total. The van der Waals surface area contributed by atoms with Crippen LogP contribution in [0.4, 0.5) is 4.39 Å². The molecule has 1 heterocycles. The lowest BCUT2D eigenvalue weighted by molar-refractivity contribution is 0.108. The van der Waals surface area contributed by atoms with E-state index in [0.29, 0.717) is 0 Å². The number of hydrogen-bond acceptors (Lipinski definition) is 3. The SMILES string of the molecule is CC(C)(CNS(=O)(=O)c1cccc(F)c1)N1CCc2ccccc2C1. The van der Waals surface area contributed by atoms with Crippen molar-refractivity contribution < 1.29 is 12.8 Å². The molecular formula is C19H23FN2O2S. The van der Waals surface area contributed by atoms with E-state index in [-0.39, 0.29) is 17.0 Å². The van der Waals surface area contributed by atoms with E-state index in [2.05, 4.69) is 21.8 Å². The summed E-state index contributed by atoms with van der Waals surface area (Å²) in [5.74, 6) is -0.560. The fourth-order valence-corrected chi connectivity index (χ4v) is 4.35.